The average Bonchev–Trinajstić information content (AvgIpc) is 2.90. The average molecular weight is 371 g/mol. The summed E-state index contributed by atoms with van der Waals surface area (Å²) in [6.07, 6.45) is 6.98. The summed E-state index contributed by atoms with van der Waals surface area (Å²) >= 11 is 2.38. The van der Waals surface area contributed by atoms with E-state index in [0.717, 1.165) is 18.5 Å². The first-order chi connectivity index (χ1) is 9.15. The fraction of sp³-hybridized carbons (Fsp3) is 0.647. The van der Waals surface area contributed by atoms with Gasteiger partial charge < -0.3 is 0 Å². The van der Waals surface area contributed by atoms with Crippen molar-refractivity contribution in [3.05, 3.63) is 33.4 Å². The lowest BCUT2D eigenvalue weighted by atomic mass is 10.1. The number of hydrogen-bond donors (Lipinski definition) is 0. The minimum absolute atomic E-state index is 0.806. The molecule has 0 aromatic heterocycles. The first-order valence-corrected chi connectivity index (χ1v) is 8.71. The minimum Gasteiger partial charge on any atom is -0.296 e. The summed E-state index contributed by atoms with van der Waals surface area (Å²) in [6.45, 7) is 7.05. The molecule has 0 atom stereocenters. The van der Waals surface area contributed by atoms with Crippen LogP contribution in [-0.2, 0) is 6.54 Å². The molecule has 106 valence electrons. The van der Waals surface area contributed by atoms with Gasteiger partial charge in [-0.2, -0.15) is 0 Å². The second-order valence-electron chi connectivity index (χ2n) is 6.22. The molecule has 0 saturated heterocycles. The highest BCUT2D eigenvalue weighted by molar-refractivity contribution is 14.1. The lowest BCUT2D eigenvalue weighted by Gasteiger charge is -2.29. The van der Waals surface area contributed by atoms with Gasteiger partial charge in [0.1, 0.15) is 0 Å². The summed E-state index contributed by atoms with van der Waals surface area (Å²) in [5.74, 6) is 0.806. The molecule has 0 radical (unpaired) electrons. The fourth-order valence-corrected chi connectivity index (χ4v) is 3.27. The van der Waals surface area contributed by atoms with Crippen LogP contribution < -0.4 is 0 Å². The van der Waals surface area contributed by atoms with Crippen molar-refractivity contribution in [3.8, 4) is 0 Å². The molecule has 2 heteroatoms. The van der Waals surface area contributed by atoms with Gasteiger partial charge >= 0.3 is 0 Å². The van der Waals surface area contributed by atoms with E-state index in [2.05, 4.69) is 65.6 Å². The maximum absolute atomic E-state index is 2.73. The third kappa shape index (κ3) is 5.07. The normalized spacial score (nSPS) is 16.7. The summed E-state index contributed by atoms with van der Waals surface area (Å²) in [5.41, 5.74) is 1.47. The van der Waals surface area contributed by atoms with E-state index in [0.29, 0.717) is 0 Å². The van der Waals surface area contributed by atoms with Gasteiger partial charge in [-0.1, -0.05) is 38.8 Å². The van der Waals surface area contributed by atoms with Crippen LogP contribution in [0.5, 0.6) is 0 Å². The molecule has 1 nitrogen and oxygen atoms in total. The Morgan fingerprint density at radius 2 is 1.79 bits per heavy atom. The van der Waals surface area contributed by atoms with Crippen molar-refractivity contribution in [2.75, 3.05) is 6.54 Å². The summed E-state index contributed by atoms with van der Waals surface area (Å²) in [5, 5.41) is 0. The SMILES string of the molecule is CC(C)CCN(Cc1ccc(I)cc1)C1CCCC1. The Labute approximate surface area is 131 Å². The molecule has 1 aromatic rings. The molecular weight excluding hydrogens is 345 g/mol. The van der Waals surface area contributed by atoms with Crippen LogP contribution in [0.1, 0.15) is 51.5 Å². The van der Waals surface area contributed by atoms with Crippen molar-refractivity contribution in [2.45, 2.75) is 58.5 Å². The van der Waals surface area contributed by atoms with Gasteiger partial charge in [-0.05, 0) is 72.0 Å². The van der Waals surface area contributed by atoms with Gasteiger partial charge in [0.15, 0.2) is 0 Å². The van der Waals surface area contributed by atoms with Crippen LogP contribution in [0.3, 0.4) is 0 Å². The van der Waals surface area contributed by atoms with E-state index >= 15 is 0 Å². The van der Waals surface area contributed by atoms with Crippen molar-refractivity contribution in [1.82, 2.24) is 4.90 Å². The molecule has 0 unspecified atom stereocenters. The second-order valence-corrected chi connectivity index (χ2v) is 7.46. The van der Waals surface area contributed by atoms with Crippen molar-refractivity contribution < 1.29 is 0 Å². The van der Waals surface area contributed by atoms with Gasteiger partial charge in [0.2, 0.25) is 0 Å². The topological polar surface area (TPSA) is 3.24 Å². The predicted octanol–water partition coefficient (Wildman–Crippen LogP) is 5.08. The Morgan fingerprint density at radius 3 is 2.37 bits per heavy atom. The third-order valence-corrected chi connectivity index (χ3v) is 4.85. The van der Waals surface area contributed by atoms with Crippen LogP contribution in [0.25, 0.3) is 0 Å². The molecule has 2 rings (SSSR count). The largest absolute Gasteiger partial charge is 0.296 e. The summed E-state index contributed by atoms with van der Waals surface area (Å²) in [7, 11) is 0. The summed E-state index contributed by atoms with van der Waals surface area (Å²) in [4.78, 5) is 2.73. The second kappa shape index (κ2) is 7.63. The molecule has 0 spiro atoms. The monoisotopic (exact) mass is 371 g/mol. The molecule has 1 aromatic carbocycles. The highest BCUT2D eigenvalue weighted by Gasteiger charge is 2.22. The summed E-state index contributed by atoms with van der Waals surface area (Å²) in [6, 6.07) is 9.87. The Hall–Kier alpha value is -0.0900. The maximum Gasteiger partial charge on any atom is 0.0236 e. The third-order valence-electron chi connectivity index (χ3n) is 4.13. The number of rotatable bonds is 6. The Kier molecular flexibility index (Phi) is 6.14. The van der Waals surface area contributed by atoms with Crippen molar-refractivity contribution >= 4 is 22.6 Å². The molecular formula is C17H26IN. The Morgan fingerprint density at radius 1 is 1.16 bits per heavy atom. The Balaban J connectivity index is 1.97. The summed E-state index contributed by atoms with van der Waals surface area (Å²) < 4.78 is 1.33. The van der Waals surface area contributed by atoms with Crippen molar-refractivity contribution in [1.29, 1.82) is 0 Å². The van der Waals surface area contributed by atoms with Gasteiger partial charge in [-0.15, -0.1) is 0 Å². The maximum atomic E-state index is 2.73. The minimum atomic E-state index is 0.806. The molecule has 0 aliphatic heterocycles. The van der Waals surface area contributed by atoms with Crippen molar-refractivity contribution in [2.24, 2.45) is 5.92 Å². The molecule has 19 heavy (non-hydrogen) atoms. The van der Waals surface area contributed by atoms with E-state index in [4.69, 9.17) is 0 Å². The molecule has 1 aliphatic rings. The molecule has 0 N–H and O–H groups in total. The van der Waals surface area contributed by atoms with Crippen LogP contribution in [0.15, 0.2) is 24.3 Å². The van der Waals surface area contributed by atoms with Gasteiger partial charge in [0, 0.05) is 16.2 Å². The number of benzene rings is 1. The fourth-order valence-electron chi connectivity index (χ4n) is 2.91. The number of hydrogen-bond acceptors (Lipinski definition) is 1. The predicted molar refractivity (Wildman–Crippen MR) is 91.3 cm³/mol. The first-order valence-electron chi connectivity index (χ1n) is 7.63. The van der Waals surface area contributed by atoms with E-state index in [1.54, 1.807) is 0 Å². The zero-order valence-corrected chi connectivity index (χ0v) is 14.4. The quantitative estimate of drug-likeness (QED) is 0.631. The standard InChI is InChI=1S/C17H26IN/c1-14(2)11-12-19(17-5-3-4-6-17)13-15-7-9-16(18)10-8-15/h7-10,14,17H,3-6,11-13H2,1-2H3. The zero-order valence-electron chi connectivity index (χ0n) is 12.2. The van der Waals surface area contributed by atoms with Gasteiger partial charge in [0.25, 0.3) is 0 Å². The lowest BCUT2D eigenvalue weighted by molar-refractivity contribution is 0.179. The molecule has 0 heterocycles. The molecule has 1 saturated carbocycles. The van der Waals surface area contributed by atoms with Crippen molar-refractivity contribution in [3.63, 3.8) is 0 Å². The van der Waals surface area contributed by atoms with Crippen LogP contribution in [0.2, 0.25) is 0 Å². The van der Waals surface area contributed by atoms with Crippen LogP contribution in [-0.4, -0.2) is 17.5 Å². The molecule has 1 fully saturated rings. The molecule has 1 aliphatic carbocycles. The van der Waals surface area contributed by atoms with Gasteiger partial charge in [-0.3, -0.25) is 4.90 Å². The van der Waals surface area contributed by atoms with Gasteiger partial charge in [-0.25, -0.2) is 0 Å². The molecule has 0 amide bonds. The zero-order chi connectivity index (χ0) is 13.7. The highest BCUT2D eigenvalue weighted by atomic mass is 127. The molecule has 0 bridgehead atoms. The number of nitrogens with zero attached hydrogens (tertiary/aromatic N) is 1. The van der Waals surface area contributed by atoms with E-state index in [9.17, 15) is 0 Å². The van der Waals surface area contributed by atoms with E-state index in [1.807, 2.05) is 0 Å². The van der Waals surface area contributed by atoms with Gasteiger partial charge in [0.05, 0.1) is 0 Å². The first kappa shape index (κ1) is 15.3. The highest BCUT2D eigenvalue weighted by Crippen LogP contribution is 2.25. The van der Waals surface area contributed by atoms with E-state index in [-0.39, 0.29) is 0 Å². The number of halogens is 1. The van der Waals surface area contributed by atoms with E-state index in [1.165, 1.54) is 47.8 Å². The smallest absolute Gasteiger partial charge is 0.0236 e. The Bertz CT molecular complexity index is 365. The van der Waals surface area contributed by atoms with Crippen LogP contribution in [0, 0.1) is 9.49 Å². The van der Waals surface area contributed by atoms with E-state index < -0.39 is 0 Å². The lowest BCUT2D eigenvalue weighted by Crippen LogP contribution is -2.34. The van der Waals surface area contributed by atoms with Crippen LogP contribution in [0.4, 0.5) is 0 Å². The van der Waals surface area contributed by atoms with Crippen LogP contribution >= 0.6 is 22.6 Å².